The van der Waals surface area contributed by atoms with Crippen molar-refractivity contribution in [1.29, 1.82) is 0 Å². The molecule has 2 amide bonds. The fourth-order valence-corrected chi connectivity index (χ4v) is 4.35. The van der Waals surface area contributed by atoms with Gasteiger partial charge in [0.15, 0.2) is 0 Å². The molecule has 0 bridgehead atoms. The molecule has 3 rings (SSSR count). The number of hydrogen-bond donors (Lipinski definition) is 1. The van der Waals surface area contributed by atoms with Crippen molar-refractivity contribution in [3.8, 4) is 0 Å². The average Bonchev–Trinajstić information content (AvgIpc) is 2.83. The molecule has 0 unspecified atom stereocenters. The number of halogens is 1. The third-order valence-electron chi connectivity index (χ3n) is 6.12. The second kappa shape index (κ2) is 12.5. The quantitative estimate of drug-likeness (QED) is 0.364. The normalized spacial score (nSPS) is 12.6. The van der Waals surface area contributed by atoms with Gasteiger partial charge in [-0.05, 0) is 54.7 Å². The number of benzene rings is 3. The lowest BCUT2D eigenvalue weighted by Crippen LogP contribution is -2.52. The van der Waals surface area contributed by atoms with Gasteiger partial charge in [0, 0.05) is 23.5 Å². The molecule has 5 heteroatoms. The Bertz CT molecular complexity index is 1100. The zero-order valence-electron chi connectivity index (χ0n) is 20.1. The molecule has 0 saturated heterocycles. The summed E-state index contributed by atoms with van der Waals surface area (Å²) in [6.45, 7) is 6.40. The molecular formula is C29H33BrN2O2. The monoisotopic (exact) mass is 520 g/mol. The van der Waals surface area contributed by atoms with Gasteiger partial charge < -0.3 is 10.2 Å². The van der Waals surface area contributed by atoms with Gasteiger partial charge in [-0.15, -0.1) is 0 Å². The maximum atomic E-state index is 13.8. The van der Waals surface area contributed by atoms with Crippen molar-refractivity contribution < 1.29 is 9.59 Å². The highest BCUT2D eigenvalue weighted by Gasteiger charge is 2.31. The highest BCUT2D eigenvalue weighted by Crippen LogP contribution is 2.20. The first-order chi connectivity index (χ1) is 16.4. The number of nitrogens with zero attached hydrogens (tertiary/aromatic N) is 1. The summed E-state index contributed by atoms with van der Waals surface area (Å²) in [4.78, 5) is 29.1. The van der Waals surface area contributed by atoms with Gasteiger partial charge in [-0.1, -0.05) is 89.6 Å². The Morgan fingerprint density at radius 1 is 0.941 bits per heavy atom. The molecule has 0 aliphatic carbocycles. The van der Waals surface area contributed by atoms with Crippen molar-refractivity contribution in [3.05, 3.63) is 106 Å². The fraction of sp³-hybridized carbons (Fsp3) is 0.310. The third kappa shape index (κ3) is 7.29. The standard InChI is InChI=1S/C29H33BrN2O2/c1-4-22(3)31-29(34)27(18-23-12-6-5-7-13-23)32(20-24-14-10-16-26(30)17-24)28(33)19-25-15-9-8-11-21(25)2/h5-17,22,27H,4,18-20H2,1-3H3,(H,31,34)/t22-,27+/m0/s1. The summed E-state index contributed by atoms with van der Waals surface area (Å²) >= 11 is 3.53. The van der Waals surface area contributed by atoms with Crippen LogP contribution < -0.4 is 5.32 Å². The Labute approximate surface area is 211 Å². The molecule has 0 aliphatic heterocycles. The van der Waals surface area contributed by atoms with E-state index in [0.717, 1.165) is 33.1 Å². The van der Waals surface area contributed by atoms with Crippen LogP contribution in [0.1, 0.15) is 42.5 Å². The van der Waals surface area contributed by atoms with Gasteiger partial charge in [-0.2, -0.15) is 0 Å². The summed E-state index contributed by atoms with van der Waals surface area (Å²) in [6, 6.07) is 25.1. The Kier molecular flexibility index (Phi) is 9.46. The van der Waals surface area contributed by atoms with E-state index in [1.165, 1.54) is 0 Å². The Morgan fingerprint density at radius 2 is 1.62 bits per heavy atom. The van der Waals surface area contributed by atoms with Crippen LogP contribution in [-0.2, 0) is 29.0 Å². The molecule has 1 N–H and O–H groups in total. The van der Waals surface area contributed by atoms with Crippen LogP contribution >= 0.6 is 15.9 Å². The van der Waals surface area contributed by atoms with E-state index in [0.29, 0.717) is 13.0 Å². The van der Waals surface area contributed by atoms with E-state index in [-0.39, 0.29) is 24.3 Å². The molecule has 0 heterocycles. The second-order valence-corrected chi connectivity index (χ2v) is 9.69. The van der Waals surface area contributed by atoms with Gasteiger partial charge in [-0.3, -0.25) is 9.59 Å². The van der Waals surface area contributed by atoms with Crippen LogP contribution in [0, 0.1) is 6.92 Å². The van der Waals surface area contributed by atoms with Crippen molar-refractivity contribution in [2.45, 2.75) is 58.7 Å². The zero-order chi connectivity index (χ0) is 24.5. The van der Waals surface area contributed by atoms with Crippen molar-refractivity contribution in [2.24, 2.45) is 0 Å². The molecule has 34 heavy (non-hydrogen) atoms. The van der Waals surface area contributed by atoms with E-state index in [1.54, 1.807) is 4.90 Å². The maximum absolute atomic E-state index is 13.8. The number of carbonyl (C=O) groups excluding carboxylic acids is 2. The molecule has 178 valence electrons. The Hall–Kier alpha value is -2.92. The molecule has 3 aromatic rings. The van der Waals surface area contributed by atoms with Crippen LogP contribution in [0.15, 0.2) is 83.3 Å². The molecule has 0 spiro atoms. The van der Waals surface area contributed by atoms with E-state index in [1.807, 2.05) is 99.6 Å². The molecule has 0 fully saturated rings. The van der Waals surface area contributed by atoms with Crippen molar-refractivity contribution >= 4 is 27.7 Å². The van der Waals surface area contributed by atoms with Gasteiger partial charge >= 0.3 is 0 Å². The molecule has 2 atom stereocenters. The van der Waals surface area contributed by atoms with E-state index < -0.39 is 6.04 Å². The molecule has 0 saturated carbocycles. The van der Waals surface area contributed by atoms with Crippen LogP contribution in [-0.4, -0.2) is 28.8 Å². The molecule has 0 aromatic heterocycles. The summed E-state index contributed by atoms with van der Waals surface area (Å²) in [7, 11) is 0. The van der Waals surface area contributed by atoms with E-state index in [9.17, 15) is 9.59 Å². The first kappa shape index (κ1) is 25.7. The van der Waals surface area contributed by atoms with Gasteiger partial charge in [-0.25, -0.2) is 0 Å². The van der Waals surface area contributed by atoms with Gasteiger partial charge in [0.2, 0.25) is 11.8 Å². The number of aryl methyl sites for hydroxylation is 1. The third-order valence-corrected chi connectivity index (χ3v) is 6.61. The number of amides is 2. The smallest absolute Gasteiger partial charge is 0.243 e. The maximum Gasteiger partial charge on any atom is 0.243 e. The van der Waals surface area contributed by atoms with Crippen molar-refractivity contribution in [3.63, 3.8) is 0 Å². The predicted octanol–water partition coefficient (Wildman–Crippen LogP) is 5.85. The molecular weight excluding hydrogens is 488 g/mol. The number of carbonyl (C=O) groups is 2. The average molecular weight is 521 g/mol. The first-order valence-electron chi connectivity index (χ1n) is 11.8. The SMILES string of the molecule is CC[C@H](C)NC(=O)[C@@H](Cc1ccccc1)N(Cc1cccc(Br)c1)C(=O)Cc1ccccc1C. The zero-order valence-corrected chi connectivity index (χ0v) is 21.7. The van der Waals surface area contributed by atoms with Crippen molar-refractivity contribution in [1.82, 2.24) is 10.2 Å². The molecule has 4 nitrogen and oxygen atoms in total. The summed E-state index contributed by atoms with van der Waals surface area (Å²) in [5.74, 6) is -0.180. The van der Waals surface area contributed by atoms with Crippen LogP contribution in [0.25, 0.3) is 0 Å². The summed E-state index contributed by atoms with van der Waals surface area (Å²) in [6.07, 6.45) is 1.53. The van der Waals surface area contributed by atoms with Crippen LogP contribution in [0.3, 0.4) is 0 Å². The summed E-state index contributed by atoms with van der Waals surface area (Å²) in [5, 5.41) is 3.12. The Morgan fingerprint density at radius 3 is 2.29 bits per heavy atom. The van der Waals surface area contributed by atoms with Gasteiger partial charge in [0.1, 0.15) is 6.04 Å². The van der Waals surface area contributed by atoms with E-state index in [4.69, 9.17) is 0 Å². The number of nitrogens with one attached hydrogen (secondary N) is 1. The van der Waals surface area contributed by atoms with Crippen LogP contribution in [0.4, 0.5) is 0 Å². The lowest BCUT2D eigenvalue weighted by Gasteiger charge is -2.32. The highest BCUT2D eigenvalue weighted by molar-refractivity contribution is 9.10. The summed E-state index contributed by atoms with van der Waals surface area (Å²) in [5.41, 5.74) is 4.05. The number of hydrogen-bond acceptors (Lipinski definition) is 2. The van der Waals surface area contributed by atoms with Gasteiger partial charge in [0.05, 0.1) is 6.42 Å². The predicted molar refractivity (Wildman–Crippen MR) is 141 cm³/mol. The van der Waals surface area contributed by atoms with Crippen LogP contribution in [0.5, 0.6) is 0 Å². The van der Waals surface area contributed by atoms with Crippen molar-refractivity contribution in [2.75, 3.05) is 0 Å². The summed E-state index contributed by atoms with van der Waals surface area (Å²) < 4.78 is 0.944. The molecule has 3 aromatic carbocycles. The Balaban J connectivity index is 1.98. The minimum absolute atomic E-state index is 0.0324. The fourth-order valence-electron chi connectivity index (χ4n) is 3.90. The molecule has 0 radical (unpaired) electrons. The minimum atomic E-state index is -0.619. The number of rotatable bonds is 10. The highest BCUT2D eigenvalue weighted by atomic mass is 79.9. The minimum Gasteiger partial charge on any atom is -0.352 e. The topological polar surface area (TPSA) is 49.4 Å². The molecule has 0 aliphatic rings. The second-order valence-electron chi connectivity index (χ2n) is 8.78. The van der Waals surface area contributed by atoms with Gasteiger partial charge in [0.25, 0.3) is 0 Å². The van der Waals surface area contributed by atoms with E-state index in [2.05, 4.69) is 21.2 Å². The lowest BCUT2D eigenvalue weighted by atomic mass is 10.00. The lowest BCUT2D eigenvalue weighted by molar-refractivity contribution is -0.141. The first-order valence-corrected chi connectivity index (χ1v) is 12.6. The largest absolute Gasteiger partial charge is 0.352 e. The van der Waals surface area contributed by atoms with Crippen LogP contribution in [0.2, 0.25) is 0 Å². The van der Waals surface area contributed by atoms with E-state index >= 15 is 0 Å².